The van der Waals surface area contributed by atoms with Gasteiger partial charge >= 0.3 is 0 Å². The number of hydrogen-bond donors (Lipinski definition) is 0. The Labute approximate surface area is 148 Å². The van der Waals surface area contributed by atoms with Crippen LogP contribution >= 0.6 is 0 Å². The molecule has 1 fully saturated rings. The second kappa shape index (κ2) is 6.80. The van der Waals surface area contributed by atoms with Crippen LogP contribution in [0, 0.1) is 6.92 Å². The molecule has 1 saturated heterocycles. The Morgan fingerprint density at radius 1 is 0.958 bits per heavy atom. The van der Waals surface area contributed by atoms with E-state index in [2.05, 4.69) is 71.9 Å². The summed E-state index contributed by atoms with van der Waals surface area (Å²) in [5.74, 6) is 0. The fraction of sp³-hybridized carbons (Fsp3) is 0.850. The third kappa shape index (κ3) is 4.40. The van der Waals surface area contributed by atoms with Crippen molar-refractivity contribution < 1.29 is 4.74 Å². The molecular weight excluding hydrogens is 298 g/mol. The topological polar surface area (TPSA) is 30.3 Å². The van der Waals surface area contributed by atoms with Crippen LogP contribution in [0.15, 0.2) is 0 Å². The van der Waals surface area contributed by atoms with Gasteiger partial charge in [-0.3, -0.25) is 9.58 Å². The standard InChI is InChI=1S/C20H37N3O/c1-14-12-22(13-15(2)24-14)10-11-23-18(20(7,8)9)17(16(3)21-23)19(4,5)6/h14-15H,10-13H2,1-9H3/t14-,15+. The molecule has 0 N–H and O–H groups in total. The molecule has 1 aromatic heterocycles. The molecule has 0 aromatic carbocycles. The van der Waals surface area contributed by atoms with Crippen molar-refractivity contribution in [3.8, 4) is 0 Å². The molecule has 1 aliphatic rings. The molecule has 138 valence electrons. The van der Waals surface area contributed by atoms with E-state index in [1.54, 1.807) is 0 Å². The number of ether oxygens (including phenoxy) is 1. The van der Waals surface area contributed by atoms with Crippen molar-refractivity contribution in [1.29, 1.82) is 0 Å². The third-order valence-electron chi connectivity index (χ3n) is 4.71. The number of aryl methyl sites for hydroxylation is 1. The van der Waals surface area contributed by atoms with Crippen LogP contribution in [-0.4, -0.2) is 46.5 Å². The summed E-state index contributed by atoms with van der Waals surface area (Å²) in [7, 11) is 0. The van der Waals surface area contributed by atoms with Gasteiger partial charge in [0, 0.05) is 36.3 Å². The highest BCUT2D eigenvalue weighted by Crippen LogP contribution is 2.36. The van der Waals surface area contributed by atoms with Crippen molar-refractivity contribution in [2.75, 3.05) is 19.6 Å². The second-order valence-corrected chi connectivity index (χ2v) is 9.55. The van der Waals surface area contributed by atoms with Crippen molar-refractivity contribution >= 4 is 0 Å². The molecule has 1 aromatic rings. The fourth-order valence-corrected chi connectivity index (χ4v) is 4.11. The van der Waals surface area contributed by atoms with Gasteiger partial charge in [-0.05, 0) is 26.2 Å². The SMILES string of the molecule is Cc1nn(CCN2C[C@@H](C)O[C@@H](C)C2)c(C(C)(C)C)c1C(C)(C)C. The molecule has 2 atom stereocenters. The molecule has 0 bridgehead atoms. The highest BCUT2D eigenvalue weighted by molar-refractivity contribution is 5.36. The Balaban J connectivity index is 2.24. The lowest BCUT2D eigenvalue weighted by Gasteiger charge is -2.35. The fourth-order valence-electron chi connectivity index (χ4n) is 4.11. The molecule has 2 rings (SSSR count). The minimum atomic E-state index is 0.0927. The first-order chi connectivity index (χ1) is 10.9. The van der Waals surface area contributed by atoms with Crippen LogP contribution in [0.2, 0.25) is 0 Å². The van der Waals surface area contributed by atoms with Gasteiger partial charge in [-0.25, -0.2) is 0 Å². The van der Waals surface area contributed by atoms with Gasteiger partial charge in [-0.2, -0.15) is 5.10 Å². The smallest absolute Gasteiger partial charge is 0.0678 e. The molecule has 0 aliphatic carbocycles. The van der Waals surface area contributed by atoms with E-state index in [9.17, 15) is 0 Å². The summed E-state index contributed by atoms with van der Waals surface area (Å²) in [5, 5.41) is 4.92. The lowest BCUT2D eigenvalue weighted by atomic mass is 9.78. The Kier molecular flexibility index (Phi) is 5.51. The molecular formula is C20H37N3O. The zero-order valence-corrected chi connectivity index (χ0v) is 17.2. The largest absolute Gasteiger partial charge is 0.373 e. The molecule has 4 heteroatoms. The summed E-state index contributed by atoms with van der Waals surface area (Å²) >= 11 is 0. The first-order valence-electron chi connectivity index (χ1n) is 9.35. The molecule has 0 spiro atoms. The highest BCUT2D eigenvalue weighted by atomic mass is 16.5. The van der Waals surface area contributed by atoms with E-state index in [1.165, 1.54) is 17.0 Å². The minimum absolute atomic E-state index is 0.0927. The van der Waals surface area contributed by atoms with E-state index >= 15 is 0 Å². The van der Waals surface area contributed by atoms with Crippen molar-refractivity contribution in [2.45, 2.75) is 91.9 Å². The van der Waals surface area contributed by atoms with Gasteiger partial charge in [0.2, 0.25) is 0 Å². The molecule has 2 heterocycles. The van der Waals surface area contributed by atoms with Crippen LogP contribution in [0.3, 0.4) is 0 Å². The van der Waals surface area contributed by atoms with Crippen molar-refractivity contribution in [2.24, 2.45) is 0 Å². The molecule has 0 radical (unpaired) electrons. The van der Waals surface area contributed by atoms with Gasteiger partial charge in [-0.1, -0.05) is 41.5 Å². The summed E-state index contributed by atoms with van der Waals surface area (Å²) in [6.07, 6.45) is 0.640. The minimum Gasteiger partial charge on any atom is -0.373 e. The van der Waals surface area contributed by atoms with Crippen molar-refractivity contribution in [3.05, 3.63) is 17.0 Å². The summed E-state index contributed by atoms with van der Waals surface area (Å²) in [6.45, 7) is 24.3. The summed E-state index contributed by atoms with van der Waals surface area (Å²) in [6, 6.07) is 0. The Morgan fingerprint density at radius 3 is 1.96 bits per heavy atom. The van der Waals surface area contributed by atoms with Crippen molar-refractivity contribution in [1.82, 2.24) is 14.7 Å². The molecule has 0 saturated carbocycles. The van der Waals surface area contributed by atoms with Gasteiger partial charge in [0.1, 0.15) is 0 Å². The predicted octanol–water partition coefficient (Wildman–Crippen LogP) is 3.90. The van der Waals surface area contributed by atoms with E-state index < -0.39 is 0 Å². The summed E-state index contributed by atoms with van der Waals surface area (Å²) < 4.78 is 8.11. The molecule has 0 unspecified atom stereocenters. The molecule has 24 heavy (non-hydrogen) atoms. The van der Waals surface area contributed by atoms with Crippen LogP contribution in [-0.2, 0) is 22.1 Å². The van der Waals surface area contributed by atoms with Gasteiger partial charge in [0.25, 0.3) is 0 Å². The van der Waals surface area contributed by atoms with Crippen LogP contribution in [0.4, 0.5) is 0 Å². The van der Waals surface area contributed by atoms with E-state index in [0.29, 0.717) is 12.2 Å². The monoisotopic (exact) mass is 335 g/mol. The van der Waals surface area contributed by atoms with E-state index in [0.717, 1.165) is 26.2 Å². The number of rotatable bonds is 3. The van der Waals surface area contributed by atoms with E-state index in [-0.39, 0.29) is 10.8 Å². The zero-order chi connectivity index (χ0) is 18.3. The van der Waals surface area contributed by atoms with Gasteiger partial charge < -0.3 is 4.74 Å². The molecule has 4 nitrogen and oxygen atoms in total. The maximum atomic E-state index is 5.85. The van der Waals surface area contributed by atoms with Crippen LogP contribution in [0.1, 0.15) is 72.3 Å². The molecule has 0 amide bonds. The van der Waals surface area contributed by atoms with Crippen molar-refractivity contribution in [3.63, 3.8) is 0 Å². The highest BCUT2D eigenvalue weighted by Gasteiger charge is 2.32. The van der Waals surface area contributed by atoms with E-state index in [4.69, 9.17) is 9.84 Å². The van der Waals surface area contributed by atoms with Crippen LogP contribution in [0.5, 0.6) is 0 Å². The lowest BCUT2D eigenvalue weighted by molar-refractivity contribution is -0.0688. The van der Waals surface area contributed by atoms with Crippen LogP contribution in [0.25, 0.3) is 0 Å². The average Bonchev–Trinajstić information content (AvgIpc) is 2.72. The summed E-state index contributed by atoms with van der Waals surface area (Å²) in [5.41, 5.74) is 4.19. The van der Waals surface area contributed by atoms with E-state index in [1.807, 2.05) is 0 Å². The number of hydrogen-bond acceptors (Lipinski definition) is 3. The Morgan fingerprint density at radius 2 is 1.50 bits per heavy atom. The van der Waals surface area contributed by atoms with Crippen LogP contribution < -0.4 is 0 Å². The number of aromatic nitrogens is 2. The number of morpholine rings is 1. The first-order valence-corrected chi connectivity index (χ1v) is 9.35. The predicted molar refractivity (Wildman–Crippen MR) is 101 cm³/mol. The quantitative estimate of drug-likeness (QED) is 0.839. The maximum Gasteiger partial charge on any atom is 0.0678 e. The van der Waals surface area contributed by atoms with Gasteiger partial charge in [0.05, 0.1) is 24.4 Å². The summed E-state index contributed by atoms with van der Waals surface area (Å²) in [4.78, 5) is 2.51. The molecule has 1 aliphatic heterocycles. The maximum absolute atomic E-state index is 5.85. The van der Waals surface area contributed by atoms with Gasteiger partial charge in [-0.15, -0.1) is 0 Å². The lowest BCUT2D eigenvalue weighted by Crippen LogP contribution is -2.46. The normalized spacial score (nSPS) is 23.7. The first kappa shape index (κ1) is 19.5. The Hall–Kier alpha value is -0.870. The van der Waals surface area contributed by atoms with Gasteiger partial charge in [0.15, 0.2) is 0 Å². The average molecular weight is 336 g/mol. The zero-order valence-electron chi connectivity index (χ0n) is 17.2. The Bertz CT molecular complexity index is 553. The number of nitrogens with zero attached hydrogens (tertiary/aromatic N) is 3. The second-order valence-electron chi connectivity index (χ2n) is 9.55. The third-order valence-corrected chi connectivity index (χ3v) is 4.71.